The third-order valence-electron chi connectivity index (χ3n) is 5.39. The number of halogens is 1. The second kappa shape index (κ2) is 10.5. The van der Waals surface area contributed by atoms with Gasteiger partial charge in [-0.25, -0.2) is 4.68 Å². The standard InChI is InChI=1S/C21H30N6O2.ClH/c1-14(2)26(16(4)28)13-17-5-7-18(8-6-17)23-21(29)20-15(3)27(25-24-20)19-9-11-22-12-10-19;/h5-8,14,19,22H,9-13H2,1-4H3,(H,23,29);1H. The Labute approximate surface area is 183 Å². The molecule has 1 aromatic heterocycles. The number of hydrogen-bond acceptors (Lipinski definition) is 5. The summed E-state index contributed by atoms with van der Waals surface area (Å²) in [6.07, 6.45) is 1.97. The van der Waals surface area contributed by atoms with Crippen molar-refractivity contribution in [3.8, 4) is 0 Å². The highest BCUT2D eigenvalue weighted by Crippen LogP contribution is 2.21. The second-order valence-corrected chi connectivity index (χ2v) is 7.84. The molecule has 2 heterocycles. The third-order valence-corrected chi connectivity index (χ3v) is 5.39. The Morgan fingerprint density at radius 2 is 1.87 bits per heavy atom. The molecule has 0 spiro atoms. The summed E-state index contributed by atoms with van der Waals surface area (Å²) in [6, 6.07) is 7.96. The van der Waals surface area contributed by atoms with Crippen molar-refractivity contribution in [1.29, 1.82) is 0 Å². The van der Waals surface area contributed by atoms with E-state index in [1.54, 1.807) is 11.8 Å². The SMILES string of the molecule is CC(=O)N(Cc1ccc(NC(=O)c2nnn(C3CCNCC3)c2C)cc1)C(C)C.Cl. The first kappa shape index (κ1) is 23.8. The number of nitrogens with zero attached hydrogens (tertiary/aromatic N) is 4. The van der Waals surface area contributed by atoms with Gasteiger partial charge in [-0.3, -0.25) is 9.59 Å². The zero-order valence-electron chi connectivity index (χ0n) is 18.0. The number of nitrogens with one attached hydrogen (secondary N) is 2. The molecule has 0 unspecified atom stereocenters. The number of anilines is 1. The molecule has 164 valence electrons. The van der Waals surface area contributed by atoms with Gasteiger partial charge in [0.2, 0.25) is 5.91 Å². The van der Waals surface area contributed by atoms with Gasteiger partial charge in [0.15, 0.2) is 5.69 Å². The van der Waals surface area contributed by atoms with Crippen LogP contribution in [0, 0.1) is 6.92 Å². The number of aromatic nitrogens is 3. The van der Waals surface area contributed by atoms with Gasteiger partial charge in [0.1, 0.15) is 0 Å². The molecular weight excluding hydrogens is 404 g/mol. The number of carbonyl (C=O) groups is 2. The number of benzene rings is 1. The summed E-state index contributed by atoms with van der Waals surface area (Å²) in [6.45, 7) is 9.91. The Kier molecular flexibility index (Phi) is 8.37. The van der Waals surface area contributed by atoms with Gasteiger partial charge in [-0.2, -0.15) is 0 Å². The maximum atomic E-state index is 12.7. The molecule has 0 atom stereocenters. The first-order valence-corrected chi connectivity index (χ1v) is 10.2. The molecule has 8 nitrogen and oxygen atoms in total. The minimum Gasteiger partial charge on any atom is -0.336 e. The molecule has 2 N–H and O–H groups in total. The van der Waals surface area contributed by atoms with Crippen LogP contribution < -0.4 is 10.6 Å². The Morgan fingerprint density at radius 3 is 2.43 bits per heavy atom. The van der Waals surface area contributed by atoms with Gasteiger partial charge in [-0.05, 0) is 64.4 Å². The summed E-state index contributed by atoms with van der Waals surface area (Å²) >= 11 is 0. The lowest BCUT2D eigenvalue weighted by molar-refractivity contribution is -0.131. The fourth-order valence-corrected chi connectivity index (χ4v) is 3.69. The van der Waals surface area contributed by atoms with Crippen LogP contribution in [0.1, 0.15) is 61.4 Å². The van der Waals surface area contributed by atoms with E-state index in [2.05, 4.69) is 20.9 Å². The van der Waals surface area contributed by atoms with Crippen molar-refractivity contribution in [3.63, 3.8) is 0 Å². The highest BCUT2D eigenvalue weighted by Gasteiger charge is 2.23. The predicted octanol–water partition coefficient (Wildman–Crippen LogP) is 2.94. The third kappa shape index (κ3) is 5.58. The molecule has 2 amide bonds. The van der Waals surface area contributed by atoms with Crippen LogP contribution >= 0.6 is 12.4 Å². The molecule has 0 radical (unpaired) electrons. The van der Waals surface area contributed by atoms with Crippen LogP contribution in [0.4, 0.5) is 5.69 Å². The molecule has 0 aliphatic carbocycles. The fourth-order valence-electron chi connectivity index (χ4n) is 3.69. The molecule has 0 saturated carbocycles. The van der Waals surface area contributed by atoms with E-state index in [4.69, 9.17) is 0 Å². The zero-order chi connectivity index (χ0) is 21.0. The molecule has 3 rings (SSSR count). The first-order valence-electron chi connectivity index (χ1n) is 10.2. The van der Waals surface area contributed by atoms with Gasteiger partial charge in [0.25, 0.3) is 5.91 Å². The smallest absolute Gasteiger partial charge is 0.278 e. The van der Waals surface area contributed by atoms with Crippen LogP contribution in [0.25, 0.3) is 0 Å². The Morgan fingerprint density at radius 1 is 1.23 bits per heavy atom. The average Bonchev–Trinajstić information content (AvgIpc) is 3.09. The lowest BCUT2D eigenvalue weighted by atomic mass is 10.1. The lowest BCUT2D eigenvalue weighted by Gasteiger charge is -2.25. The van der Waals surface area contributed by atoms with Crippen molar-refractivity contribution in [2.75, 3.05) is 18.4 Å². The van der Waals surface area contributed by atoms with E-state index < -0.39 is 0 Å². The Hall–Kier alpha value is -2.45. The molecule has 30 heavy (non-hydrogen) atoms. The quantitative estimate of drug-likeness (QED) is 0.729. The highest BCUT2D eigenvalue weighted by molar-refractivity contribution is 6.03. The molecule has 1 aromatic carbocycles. The number of piperidine rings is 1. The van der Waals surface area contributed by atoms with Crippen molar-refractivity contribution in [3.05, 3.63) is 41.2 Å². The molecule has 1 saturated heterocycles. The van der Waals surface area contributed by atoms with Gasteiger partial charge >= 0.3 is 0 Å². The van der Waals surface area contributed by atoms with Crippen molar-refractivity contribution >= 4 is 29.9 Å². The fraction of sp³-hybridized carbons (Fsp3) is 0.524. The highest BCUT2D eigenvalue weighted by atomic mass is 35.5. The number of carbonyl (C=O) groups excluding carboxylic acids is 2. The summed E-state index contributed by atoms with van der Waals surface area (Å²) in [4.78, 5) is 26.2. The van der Waals surface area contributed by atoms with Gasteiger partial charge < -0.3 is 15.5 Å². The van der Waals surface area contributed by atoms with Crippen LogP contribution in [-0.4, -0.2) is 50.8 Å². The van der Waals surface area contributed by atoms with Crippen molar-refractivity contribution in [2.24, 2.45) is 0 Å². The maximum absolute atomic E-state index is 12.7. The van der Waals surface area contributed by atoms with Crippen LogP contribution in [0.5, 0.6) is 0 Å². The van der Waals surface area contributed by atoms with Gasteiger partial charge in [0.05, 0.1) is 11.7 Å². The summed E-state index contributed by atoms with van der Waals surface area (Å²) in [5.41, 5.74) is 2.85. The second-order valence-electron chi connectivity index (χ2n) is 7.84. The van der Waals surface area contributed by atoms with Crippen molar-refractivity contribution < 1.29 is 9.59 Å². The summed E-state index contributed by atoms with van der Waals surface area (Å²) in [5, 5.41) is 14.6. The van der Waals surface area contributed by atoms with Crippen LogP contribution in [-0.2, 0) is 11.3 Å². The average molecular weight is 435 g/mol. The normalized spacial score (nSPS) is 14.3. The van der Waals surface area contributed by atoms with Gasteiger partial charge in [-0.15, -0.1) is 17.5 Å². The van der Waals surface area contributed by atoms with E-state index in [-0.39, 0.29) is 36.3 Å². The number of rotatable bonds is 6. The van der Waals surface area contributed by atoms with Gasteiger partial charge in [-0.1, -0.05) is 17.3 Å². The molecule has 9 heteroatoms. The maximum Gasteiger partial charge on any atom is 0.278 e. The minimum atomic E-state index is -0.261. The predicted molar refractivity (Wildman–Crippen MR) is 119 cm³/mol. The summed E-state index contributed by atoms with van der Waals surface area (Å²) < 4.78 is 1.88. The van der Waals surface area contributed by atoms with Gasteiger partial charge in [0, 0.05) is 25.2 Å². The van der Waals surface area contributed by atoms with Crippen LogP contribution in [0.3, 0.4) is 0 Å². The Bertz CT molecular complexity index is 859. The van der Waals surface area contributed by atoms with E-state index in [9.17, 15) is 9.59 Å². The Balaban J connectivity index is 0.00000320. The molecule has 1 aliphatic heterocycles. The van der Waals surface area contributed by atoms with E-state index in [0.29, 0.717) is 17.9 Å². The molecular formula is C21H31ClN6O2. The number of amides is 2. The van der Waals surface area contributed by atoms with E-state index in [1.165, 1.54) is 0 Å². The molecule has 0 bridgehead atoms. The summed E-state index contributed by atoms with van der Waals surface area (Å²) in [5.74, 6) is -0.215. The van der Waals surface area contributed by atoms with Crippen LogP contribution in [0.15, 0.2) is 24.3 Å². The zero-order valence-corrected chi connectivity index (χ0v) is 18.8. The molecule has 1 fully saturated rings. The monoisotopic (exact) mass is 434 g/mol. The lowest BCUT2D eigenvalue weighted by Crippen LogP contribution is -2.34. The largest absolute Gasteiger partial charge is 0.336 e. The first-order chi connectivity index (χ1) is 13.9. The molecule has 1 aliphatic rings. The summed E-state index contributed by atoms with van der Waals surface area (Å²) in [7, 11) is 0. The number of hydrogen-bond donors (Lipinski definition) is 2. The topological polar surface area (TPSA) is 92.2 Å². The van der Waals surface area contributed by atoms with E-state index in [1.807, 2.05) is 49.7 Å². The van der Waals surface area contributed by atoms with E-state index in [0.717, 1.165) is 37.2 Å². The van der Waals surface area contributed by atoms with Crippen molar-refractivity contribution in [1.82, 2.24) is 25.2 Å². The van der Waals surface area contributed by atoms with E-state index >= 15 is 0 Å². The van der Waals surface area contributed by atoms with Crippen LogP contribution in [0.2, 0.25) is 0 Å². The van der Waals surface area contributed by atoms with Crippen molar-refractivity contribution in [2.45, 2.75) is 59.2 Å². The molecule has 2 aromatic rings. The minimum absolute atomic E-state index is 0.